The van der Waals surface area contributed by atoms with Crippen molar-refractivity contribution in [3.05, 3.63) is 18.2 Å². The van der Waals surface area contributed by atoms with Crippen LogP contribution in [0.2, 0.25) is 0 Å². The highest BCUT2D eigenvalue weighted by atomic mass is 16.5. The molecule has 0 radical (unpaired) electrons. The Morgan fingerprint density at radius 1 is 1.10 bits per heavy atom. The molecule has 9 heteroatoms. The van der Waals surface area contributed by atoms with Crippen molar-refractivity contribution in [1.82, 2.24) is 19.4 Å². The van der Waals surface area contributed by atoms with Gasteiger partial charge in [0.1, 0.15) is 11.4 Å². The summed E-state index contributed by atoms with van der Waals surface area (Å²) in [7, 11) is 1.32. The van der Waals surface area contributed by atoms with Crippen LogP contribution in [0.25, 0.3) is 0 Å². The first kappa shape index (κ1) is 20.8. The molecule has 1 aromatic rings. The number of carbonyl (C=O) groups is 3. The molecule has 0 aromatic carbocycles. The summed E-state index contributed by atoms with van der Waals surface area (Å²) in [4.78, 5) is 45.1. The number of esters is 1. The summed E-state index contributed by atoms with van der Waals surface area (Å²) in [5.41, 5.74) is -0.656. The van der Waals surface area contributed by atoms with Crippen molar-refractivity contribution in [2.75, 3.05) is 33.3 Å². The molecular weight excluding hydrogens is 388 g/mol. The summed E-state index contributed by atoms with van der Waals surface area (Å²) in [6.45, 7) is 3.10. The first-order valence-corrected chi connectivity index (χ1v) is 10.9. The van der Waals surface area contributed by atoms with Gasteiger partial charge in [-0.1, -0.05) is 0 Å². The van der Waals surface area contributed by atoms with Crippen molar-refractivity contribution in [3.8, 4) is 0 Å². The molecule has 4 rings (SSSR count). The topological polar surface area (TPSA) is 94.0 Å². The molecule has 2 fully saturated rings. The van der Waals surface area contributed by atoms with Crippen molar-refractivity contribution in [3.63, 3.8) is 0 Å². The van der Waals surface area contributed by atoms with Crippen LogP contribution in [0, 0.1) is 0 Å². The molecule has 3 aliphatic heterocycles. The van der Waals surface area contributed by atoms with Crippen LogP contribution in [0.1, 0.15) is 50.8 Å². The van der Waals surface area contributed by atoms with Gasteiger partial charge in [-0.25, -0.2) is 4.98 Å². The number of nitrogens with zero attached hydrogens (tertiary/aromatic N) is 4. The zero-order chi connectivity index (χ0) is 21.1. The lowest BCUT2D eigenvalue weighted by Crippen LogP contribution is -2.55. The summed E-state index contributed by atoms with van der Waals surface area (Å²) in [5.74, 6) is 0.459. The number of hydrogen-bond donors (Lipinski definition) is 0. The third kappa shape index (κ3) is 4.08. The Morgan fingerprint density at radius 3 is 2.53 bits per heavy atom. The van der Waals surface area contributed by atoms with E-state index in [2.05, 4.69) is 9.72 Å². The van der Waals surface area contributed by atoms with E-state index in [0.29, 0.717) is 32.5 Å². The number of rotatable bonds is 4. The van der Waals surface area contributed by atoms with Gasteiger partial charge in [-0.3, -0.25) is 14.4 Å². The lowest BCUT2D eigenvalue weighted by Gasteiger charge is -2.46. The smallest absolute Gasteiger partial charge is 0.306 e. The van der Waals surface area contributed by atoms with E-state index in [1.807, 2.05) is 15.7 Å². The second-order valence-electron chi connectivity index (χ2n) is 8.35. The van der Waals surface area contributed by atoms with E-state index >= 15 is 0 Å². The van der Waals surface area contributed by atoms with Crippen molar-refractivity contribution in [2.24, 2.45) is 0 Å². The number of methoxy groups -OCH3 is 1. The van der Waals surface area contributed by atoms with Gasteiger partial charge in [0.25, 0.3) is 5.91 Å². The number of hydrogen-bond acceptors (Lipinski definition) is 6. The molecule has 1 aromatic heterocycles. The molecule has 1 unspecified atom stereocenters. The van der Waals surface area contributed by atoms with Crippen LogP contribution < -0.4 is 0 Å². The van der Waals surface area contributed by atoms with Crippen LogP contribution >= 0.6 is 0 Å². The van der Waals surface area contributed by atoms with Crippen molar-refractivity contribution >= 4 is 17.8 Å². The molecular formula is C21H30N4O5. The normalized spacial score (nSPS) is 23.2. The van der Waals surface area contributed by atoms with Gasteiger partial charge in [0.15, 0.2) is 6.10 Å². The van der Waals surface area contributed by atoms with Crippen molar-refractivity contribution in [1.29, 1.82) is 0 Å². The highest BCUT2D eigenvalue weighted by molar-refractivity contribution is 5.82. The third-order valence-electron chi connectivity index (χ3n) is 6.49. The molecule has 4 heterocycles. The van der Waals surface area contributed by atoms with Gasteiger partial charge in [-0.15, -0.1) is 0 Å². The van der Waals surface area contributed by atoms with Gasteiger partial charge in [0.05, 0.1) is 20.1 Å². The Bertz CT molecular complexity index is 793. The fourth-order valence-corrected chi connectivity index (χ4v) is 4.77. The molecule has 0 bridgehead atoms. The Hall–Kier alpha value is -2.42. The fourth-order valence-electron chi connectivity index (χ4n) is 4.77. The van der Waals surface area contributed by atoms with E-state index < -0.39 is 11.7 Å². The number of amides is 2. The largest absolute Gasteiger partial charge is 0.469 e. The van der Waals surface area contributed by atoms with Gasteiger partial charge in [0.2, 0.25) is 5.91 Å². The molecule has 1 atom stereocenters. The summed E-state index contributed by atoms with van der Waals surface area (Å²) < 4.78 is 13.1. The Balaban J connectivity index is 1.43. The molecule has 1 spiro atoms. The maximum absolute atomic E-state index is 13.1. The predicted octanol–water partition coefficient (Wildman–Crippen LogP) is 1.07. The zero-order valence-corrected chi connectivity index (χ0v) is 17.5. The standard InChI is InChI=1S/C21H30N4O5/c1-29-18(27)6-5-17(26)23-12-7-21(8-13-23)20-22-9-14-25(20)15-16(30-21)19(28)24-10-3-2-4-11-24/h9,14,16H,2-8,10-13,15H2,1H3. The maximum atomic E-state index is 13.1. The minimum Gasteiger partial charge on any atom is -0.469 e. The fraction of sp³-hybridized carbons (Fsp3) is 0.714. The zero-order valence-electron chi connectivity index (χ0n) is 17.5. The Morgan fingerprint density at radius 2 is 1.83 bits per heavy atom. The molecule has 2 amide bonds. The van der Waals surface area contributed by atoms with Gasteiger partial charge in [-0.05, 0) is 19.3 Å². The number of fused-ring (bicyclic) bond motifs is 2. The Labute approximate surface area is 176 Å². The van der Waals surface area contributed by atoms with Crippen LogP contribution in [-0.4, -0.2) is 76.5 Å². The first-order chi connectivity index (χ1) is 14.5. The summed E-state index contributed by atoms with van der Waals surface area (Å²) >= 11 is 0. The molecule has 0 saturated carbocycles. The molecule has 0 aliphatic carbocycles. The van der Waals surface area contributed by atoms with Gasteiger partial charge in [0, 0.05) is 57.8 Å². The third-order valence-corrected chi connectivity index (χ3v) is 6.49. The summed E-state index contributed by atoms with van der Waals surface area (Å²) in [6.07, 6.45) is 7.79. The number of piperidine rings is 2. The van der Waals surface area contributed by atoms with E-state index in [-0.39, 0.29) is 30.6 Å². The maximum Gasteiger partial charge on any atom is 0.306 e. The van der Waals surface area contributed by atoms with E-state index in [1.54, 1.807) is 11.1 Å². The van der Waals surface area contributed by atoms with Crippen LogP contribution in [0.15, 0.2) is 12.4 Å². The first-order valence-electron chi connectivity index (χ1n) is 10.9. The molecule has 3 aliphatic rings. The molecule has 0 N–H and O–H groups in total. The average molecular weight is 418 g/mol. The highest BCUT2D eigenvalue weighted by Gasteiger charge is 2.48. The number of ether oxygens (including phenoxy) is 2. The Kier molecular flexibility index (Phi) is 6.08. The van der Waals surface area contributed by atoms with E-state index in [0.717, 1.165) is 31.8 Å². The van der Waals surface area contributed by atoms with Gasteiger partial charge in [-0.2, -0.15) is 0 Å². The van der Waals surface area contributed by atoms with E-state index in [1.165, 1.54) is 13.5 Å². The van der Waals surface area contributed by atoms with Crippen molar-refractivity contribution in [2.45, 2.75) is 63.2 Å². The van der Waals surface area contributed by atoms with Crippen LogP contribution in [-0.2, 0) is 36.0 Å². The van der Waals surface area contributed by atoms with E-state index in [4.69, 9.17) is 4.74 Å². The molecule has 30 heavy (non-hydrogen) atoms. The second kappa shape index (κ2) is 8.75. The number of imidazole rings is 1. The second-order valence-corrected chi connectivity index (χ2v) is 8.35. The van der Waals surface area contributed by atoms with Crippen molar-refractivity contribution < 1.29 is 23.9 Å². The number of carbonyl (C=O) groups excluding carboxylic acids is 3. The SMILES string of the molecule is COC(=O)CCC(=O)N1CCC2(CC1)OC(C(=O)N1CCCCC1)Cn1ccnc12. The molecule has 2 saturated heterocycles. The summed E-state index contributed by atoms with van der Waals surface area (Å²) in [6, 6.07) is 0. The quantitative estimate of drug-likeness (QED) is 0.679. The summed E-state index contributed by atoms with van der Waals surface area (Å²) in [5, 5.41) is 0. The van der Waals surface area contributed by atoms with E-state index in [9.17, 15) is 14.4 Å². The van der Waals surface area contributed by atoms with Gasteiger partial charge >= 0.3 is 5.97 Å². The molecule has 164 valence electrons. The lowest BCUT2D eigenvalue weighted by atomic mass is 9.88. The number of aromatic nitrogens is 2. The number of likely N-dealkylation sites (tertiary alicyclic amines) is 2. The minimum absolute atomic E-state index is 0.0599. The predicted molar refractivity (Wildman–Crippen MR) is 106 cm³/mol. The minimum atomic E-state index is -0.656. The van der Waals surface area contributed by atoms with Crippen LogP contribution in [0.5, 0.6) is 0 Å². The molecule has 9 nitrogen and oxygen atoms in total. The van der Waals surface area contributed by atoms with Crippen LogP contribution in [0.3, 0.4) is 0 Å². The van der Waals surface area contributed by atoms with Crippen LogP contribution in [0.4, 0.5) is 0 Å². The lowest BCUT2D eigenvalue weighted by molar-refractivity contribution is -0.183. The highest BCUT2D eigenvalue weighted by Crippen LogP contribution is 2.40. The average Bonchev–Trinajstić information content (AvgIpc) is 3.27. The van der Waals surface area contributed by atoms with Gasteiger partial charge < -0.3 is 23.8 Å². The monoisotopic (exact) mass is 418 g/mol.